The van der Waals surface area contributed by atoms with Gasteiger partial charge in [-0.25, -0.2) is 0 Å². The van der Waals surface area contributed by atoms with Gasteiger partial charge in [0.05, 0.1) is 5.69 Å². The van der Waals surface area contributed by atoms with Crippen molar-refractivity contribution in [3.05, 3.63) is 93.5 Å². The van der Waals surface area contributed by atoms with Crippen LogP contribution in [0.15, 0.2) is 73.3 Å². The van der Waals surface area contributed by atoms with E-state index in [0.717, 1.165) is 12.0 Å². The van der Waals surface area contributed by atoms with Crippen molar-refractivity contribution in [3.8, 4) is 5.69 Å². The molecule has 14 nitrogen and oxygen atoms in total. The number of hydrogen-bond acceptors (Lipinski definition) is 10. The van der Waals surface area contributed by atoms with E-state index in [1.165, 1.54) is 11.0 Å². The third-order valence-corrected chi connectivity index (χ3v) is 3.34. The first-order valence-corrected chi connectivity index (χ1v) is 8.40. The summed E-state index contributed by atoms with van der Waals surface area (Å²) in [5.74, 6) is -0.723. The Morgan fingerprint density at radius 3 is 1.90 bits per heavy atom. The van der Waals surface area contributed by atoms with Crippen LogP contribution < -0.4 is 5.46 Å². The molecular weight excluding hydrogens is 411 g/mol. The van der Waals surface area contributed by atoms with Crippen molar-refractivity contribution in [2.45, 2.75) is 0 Å². The van der Waals surface area contributed by atoms with Gasteiger partial charge in [-0.2, -0.15) is 0 Å². The highest BCUT2D eigenvalue weighted by Gasteiger charge is 2.13. The molecule has 0 amide bonds. The second kappa shape index (κ2) is 11.5. The molecule has 2 heterocycles. The molecule has 2 aromatic heterocycles. The van der Waals surface area contributed by atoms with Crippen molar-refractivity contribution in [1.29, 1.82) is 0 Å². The zero-order chi connectivity index (χ0) is 22.6. The Labute approximate surface area is 174 Å². The molecule has 15 heteroatoms. The summed E-state index contributed by atoms with van der Waals surface area (Å²) in [6, 6.07) is 17.7. The normalized spacial score (nSPS) is 9.48. The van der Waals surface area contributed by atoms with Crippen LogP contribution in [-0.2, 0) is 0 Å². The van der Waals surface area contributed by atoms with Gasteiger partial charge in [0, 0.05) is 5.10 Å². The number of nitrogens with one attached hydrogen (secondary N) is 1. The van der Waals surface area contributed by atoms with Crippen molar-refractivity contribution < 1.29 is 19.9 Å². The van der Waals surface area contributed by atoms with E-state index in [-0.39, 0.29) is 5.95 Å². The molecule has 0 aliphatic heterocycles. The fourth-order valence-electron chi connectivity index (χ4n) is 1.96. The highest BCUT2D eigenvalue weighted by atomic mass is 16.6. The standard InChI is InChI=1S/C8H6N4O2.C6H7BO2.C2H2N4O2/c13-12(14)8-9-6-11(10-8)7-4-2-1-3-5-7;8-7(9)6-4-2-1-3-5-6;7-6(8)2-3-1-4-5-2/h1-6H;1-5,8-9H;1H,(H,3,4,5). The van der Waals surface area contributed by atoms with Crippen molar-refractivity contribution in [2.24, 2.45) is 0 Å². The van der Waals surface area contributed by atoms with Crippen LogP contribution in [0.25, 0.3) is 5.69 Å². The van der Waals surface area contributed by atoms with Gasteiger partial charge in [-0.1, -0.05) is 63.6 Å². The maximum absolute atomic E-state index is 10.3. The Balaban J connectivity index is 0.000000175. The molecule has 0 spiro atoms. The Morgan fingerprint density at radius 2 is 1.52 bits per heavy atom. The summed E-state index contributed by atoms with van der Waals surface area (Å²) in [7, 11) is -1.34. The van der Waals surface area contributed by atoms with E-state index in [1.54, 1.807) is 36.4 Å². The van der Waals surface area contributed by atoms with Crippen LogP contribution in [0.1, 0.15) is 0 Å². The first kappa shape index (κ1) is 22.8. The number of nitro groups is 2. The molecule has 158 valence electrons. The van der Waals surface area contributed by atoms with E-state index in [1.807, 2.05) is 24.3 Å². The fourth-order valence-corrected chi connectivity index (χ4v) is 1.96. The van der Waals surface area contributed by atoms with Gasteiger partial charge in [0.15, 0.2) is 0 Å². The molecular formula is C16H15BN8O6. The van der Waals surface area contributed by atoms with Crippen molar-refractivity contribution in [1.82, 2.24) is 29.9 Å². The van der Waals surface area contributed by atoms with Crippen molar-refractivity contribution in [2.75, 3.05) is 0 Å². The number of aromatic nitrogens is 6. The zero-order valence-corrected chi connectivity index (χ0v) is 15.7. The summed E-state index contributed by atoms with van der Waals surface area (Å²) in [6.07, 6.45) is 2.39. The molecule has 0 atom stereocenters. The van der Waals surface area contributed by atoms with E-state index in [4.69, 9.17) is 10.0 Å². The number of aromatic amines is 1. The summed E-state index contributed by atoms with van der Waals surface area (Å²) in [6.45, 7) is 0. The van der Waals surface area contributed by atoms with Gasteiger partial charge >= 0.3 is 19.0 Å². The van der Waals surface area contributed by atoms with Crippen LogP contribution in [0.2, 0.25) is 0 Å². The third kappa shape index (κ3) is 7.45. The molecule has 0 radical (unpaired) electrons. The van der Waals surface area contributed by atoms with E-state index >= 15 is 0 Å². The predicted octanol–water partition coefficient (Wildman–Crippen LogP) is 0.255. The van der Waals surface area contributed by atoms with Crippen LogP contribution in [-0.4, -0.2) is 57.0 Å². The second-order valence-electron chi connectivity index (χ2n) is 5.43. The molecule has 2 aromatic carbocycles. The minimum Gasteiger partial charge on any atom is -0.423 e. The van der Waals surface area contributed by atoms with E-state index in [9.17, 15) is 20.2 Å². The molecule has 0 saturated heterocycles. The smallest absolute Gasteiger partial charge is 0.423 e. The van der Waals surface area contributed by atoms with Gasteiger partial charge in [-0.15, -0.1) is 9.78 Å². The Bertz CT molecular complexity index is 1080. The molecule has 0 bridgehead atoms. The lowest BCUT2D eigenvalue weighted by Gasteiger charge is -1.94. The highest BCUT2D eigenvalue weighted by molar-refractivity contribution is 6.58. The number of para-hydroxylation sites is 1. The Kier molecular flexibility index (Phi) is 8.45. The largest absolute Gasteiger partial charge is 0.491 e. The molecule has 4 aromatic rings. The van der Waals surface area contributed by atoms with Crippen LogP contribution in [0.3, 0.4) is 0 Å². The Morgan fingerprint density at radius 1 is 0.903 bits per heavy atom. The van der Waals surface area contributed by atoms with Crippen LogP contribution >= 0.6 is 0 Å². The van der Waals surface area contributed by atoms with Crippen molar-refractivity contribution in [3.63, 3.8) is 0 Å². The van der Waals surface area contributed by atoms with Crippen LogP contribution in [0.4, 0.5) is 11.9 Å². The molecule has 0 fully saturated rings. The average molecular weight is 426 g/mol. The first-order valence-electron chi connectivity index (χ1n) is 8.40. The second-order valence-corrected chi connectivity index (χ2v) is 5.43. The molecule has 0 unspecified atom stereocenters. The number of hydrogen-bond donors (Lipinski definition) is 3. The van der Waals surface area contributed by atoms with Gasteiger partial charge in [0.2, 0.25) is 12.7 Å². The van der Waals surface area contributed by atoms with Gasteiger partial charge in [0.25, 0.3) is 0 Å². The number of benzene rings is 2. The molecule has 31 heavy (non-hydrogen) atoms. The van der Waals surface area contributed by atoms with Gasteiger partial charge in [-0.05, 0) is 27.4 Å². The quantitative estimate of drug-likeness (QED) is 0.231. The summed E-state index contributed by atoms with van der Waals surface area (Å²) < 4.78 is 1.36. The topological polar surface area (TPSA) is 199 Å². The third-order valence-electron chi connectivity index (χ3n) is 3.34. The maximum Gasteiger partial charge on any atom is 0.491 e. The first-order chi connectivity index (χ1) is 14.9. The molecule has 4 rings (SSSR count). The Hall–Kier alpha value is -4.50. The zero-order valence-electron chi connectivity index (χ0n) is 15.7. The minimum absolute atomic E-state index is 0.329. The molecule has 0 aliphatic carbocycles. The van der Waals surface area contributed by atoms with E-state index in [0.29, 0.717) is 5.46 Å². The average Bonchev–Trinajstić information content (AvgIpc) is 3.49. The van der Waals surface area contributed by atoms with Gasteiger partial charge < -0.3 is 30.3 Å². The lowest BCUT2D eigenvalue weighted by atomic mass is 9.81. The molecule has 3 N–H and O–H groups in total. The van der Waals surface area contributed by atoms with E-state index in [2.05, 4.69) is 25.3 Å². The summed E-state index contributed by atoms with van der Waals surface area (Å²) >= 11 is 0. The van der Waals surface area contributed by atoms with Crippen LogP contribution in [0, 0.1) is 20.2 Å². The summed E-state index contributed by atoms with van der Waals surface area (Å²) in [5.41, 5.74) is 1.27. The lowest BCUT2D eigenvalue weighted by Crippen LogP contribution is -2.29. The SMILES string of the molecule is O=[N+]([O-])c1ncn(-c2ccccc2)n1.O=[N+]([O-])c1ncn[nH]1.OB(O)c1ccccc1. The number of nitrogens with zero attached hydrogens (tertiary/aromatic N) is 7. The van der Waals surface area contributed by atoms with Gasteiger partial charge in [-0.3, -0.25) is 0 Å². The summed E-state index contributed by atoms with van der Waals surface area (Å²) in [4.78, 5) is 25.6. The monoisotopic (exact) mass is 426 g/mol. The fraction of sp³-hybridized carbons (Fsp3) is 0. The van der Waals surface area contributed by atoms with Gasteiger partial charge in [0.1, 0.15) is 0 Å². The predicted molar refractivity (Wildman–Crippen MR) is 107 cm³/mol. The number of rotatable bonds is 4. The minimum atomic E-state index is -1.34. The molecule has 0 aliphatic rings. The maximum atomic E-state index is 10.3. The number of H-pyrrole nitrogens is 1. The lowest BCUT2D eigenvalue weighted by molar-refractivity contribution is -0.394. The van der Waals surface area contributed by atoms with E-state index < -0.39 is 22.9 Å². The van der Waals surface area contributed by atoms with Crippen LogP contribution in [0.5, 0.6) is 0 Å². The van der Waals surface area contributed by atoms with Crippen molar-refractivity contribution >= 4 is 24.5 Å². The highest BCUT2D eigenvalue weighted by Crippen LogP contribution is 2.07. The molecule has 0 saturated carbocycles. The summed E-state index contributed by atoms with van der Waals surface area (Å²) in [5, 5.41) is 46.2.